The summed E-state index contributed by atoms with van der Waals surface area (Å²) in [5.74, 6) is 0. The number of nitrogens with one attached hydrogen (secondary N) is 1. The number of hydrogen-bond acceptors (Lipinski definition) is 4. The Bertz CT molecular complexity index is 375. The van der Waals surface area contributed by atoms with Gasteiger partial charge in [-0.3, -0.25) is 0 Å². The zero-order valence-electron chi connectivity index (χ0n) is 13.4. The number of para-hydroxylation sites is 1. The predicted octanol–water partition coefficient (Wildman–Crippen LogP) is 1.82. The van der Waals surface area contributed by atoms with Crippen LogP contribution in [0.1, 0.15) is 12.8 Å². The van der Waals surface area contributed by atoms with Crippen LogP contribution in [0, 0.1) is 0 Å². The molecule has 1 saturated heterocycles. The highest BCUT2D eigenvalue weighted by molar-refractivity contribution is 5.46. The third kappa shape index (κ3) is 6.04. The van der Waals surface area contributed by atoms with Gasteiger partial charge in [0, 0.05) is 37.9 Å². The van der Waals surface area contributed by atoms with Gasteiger partial charge in [-0.25, -0.2) is 0 Å². The standard InChI is InChI=1S/C17H29N3O/c1-19(2)13-15-21-14-10-18-16-8-11-20(12-9-16)17-6-4-3-5-7-17/h3-7,16,18H,8-15H2,1-2H3. The van der Waals surface area contributed by atoms with Crippen molar-refractivity contribution >= 4 is 5.69 Å². The van der Waals surface area contributed by atoms with Gasteiger partial charge in [0.25, 0.3) is 0 Å². The second-order valence-corrected chi connectivity index (χ2v) is 5.97. The van der Waals surface area contributed by atoms with E-state index >= 15 is 0 Å². The van der Waals surface area contributed by atoms with Crippen molar-refractivity contribution in [2.45, 2.75) is 18.9 Å². The molecule has 1 aliphatic rings. The zero-order chi connectivity index (χ0) is 14.9. The lowest BCUT2D eigenvalue weighted by atomic mass is 10.0. The van der Waals surface area contributed by atoms with Crippen molar-refractivity contribution in [2.75, 3.05) is 58.4 Å². The Morgan fingerprint density at radius 1 is 1.14 bits per heavy atom. The van der Waals surface area contributed by atoms with Crippen LogP contribution >= 0.6 is 0 Å². The Hall–Kier alpha value is -1.10. The number of anilines is 1. The molecule has 0 saturated carbocycles. The molecule has 4 heteroatoms. The van der Waals surface area contributed by atoms with Gasteiger partial charge in [0.2, 0.25) is 0 Å². The van der Waals surface area contributed by atoms with E-state index in [0.29, 0.717) is 6.04 Å². The van der Waals surface area contributed by atoms with E-state index in [1.807, 2.05) is 0 Å². The summed E-state index contributed by atoms with van der Waals surface area (Å²) in [6, 6.07) is 11.4. The molecule has 0 atom stereocenters. The molecule has 0 amide bonds. The van der Waals surface area contributed by atoms with Gasteiger partial charge >= 0.3 is 0 Å². The third-order valence-electron chi connectivity index (χ3n) is 3.98. The van der Waals surface area contributed by atoms with Gasteiger partial charge in [-0.15, -0.1) is 0 Å². The summed E-state index contributed by atoms with van der Waals surface area (Å²) in [5, 5.41) is 3.62. The Labute approximate surface area is 129 Å². The first-order chi connectivity index (χ1) is 10.3. The van der Waals surface area contributed by atoms with Crippen LogP contribution in [-0.2, 0) is 4.74 Å². The van der Waals surface area contributed by atoms with Crippen LogP contribution in [0.25, 0.3) is 0 Å². The van der Waals surface area contributed by atoms with E-state index in [1.54, 1.807) is 0 Å². The second-order valence-electron chi connectivity index (χ2n) is 5.97. The maximum absolute atomic E-state index is 5.61. The SMILES string of the molecule is CN(C)CCOCCNC1CCN(c2ccccc2)CC1. The molecule has 0 radical (unpaired) electrons. The zero-order valence-corrected chi connectivity index (χ0v) is 13.4. The van der Waals surface area contributed by atoms with Crippen molar-refractivity contribution in [1.29, 1.82) is 0 Å². The molecule has 21 heavy (non-hydrogen) atoms. The number of hydrogen-bond donors (Lipinski definition) is 1. The second kappa shape index (κ2) is 9.03. The molecule has 1 fully saturated rings. The van der Waals surface area contributed by atoms with Crippen LogP contribution in [0.5, 0.6) is 0 Å². The molecule has 118 valence electrons. The van der Waals surface area contributed by atoms with E-state index in [-0.39, 0.29) is 0 Å². The molecule has 4 nitrogen and oxygen atoms in total. The van der Waals surface area contributed by atoms with Crippen molar-refractivity contribution in [2.24, 2.45) is 0 Å². The van der Waals surface area contributed by atoms with Crippen molar-refractivity contribution in [3.8, 4) is 0 Å². The molecule has 1 heterocycles. The maximum atomic E-state index is 5.61. The molecule has 1 N–H and O–H groups in total. The predicted molar refractivity (Wildman–Crippen MR) is 89.1 cm³/mol. The first kappa shape index (κ1) is 16.3. The molecule has 1 aromatic rings. The van der Waals surface area contributed by atoms with Gasteiger partial charge in [0.15, 0.2) is 0 Å². The number of likely N-dealkylation sites (N-methyl/N-ethyl adjacent to an activating group) is 1. The summed E-state index contributed by atoms with van der Waals surface area (Å²) in [6.45, 7) is 5.87. The lowest BCUT2D eigenvalue weighted by Gasteiger charge is -2.34. The molecule has 2 rings (SSSR count). The Morgan fingerprint density at radius 2 is 1.86 bits per heavy atom. The fourth-order valence-electron chi connectivity index (χ4n) is 2.67. The Morgan fingerprint density at radius 3 is 2.52 bits per heavy atom. The lowest BCUT2D eigenvalue weighted by Crippen LogP contribution is -2.43. The van der Waals surface area contributed by atoms with E-state index in [0.717, 1.165) is 39.4 Å². The summed E-state index contributed by atoms with van der Waals surface area (Å²) in [7, 11) is 4.14. The van der Waals surface area contributed by atoms with E-state index in [4.69, 9.17) is 4.74 Å². The van der Waals surface area contributed by atoms with Gasteiger partial charge in [-0.2, -0.15) is 0 Å². The highest BCUT2D eigenvalue weighted by Gasteiger charge is 2.18. The van der Waals surface area contributed by atoms with E-state index in [9.17, 15) is 0 Å². The average Bonchev–Trinajstić information content (AvgIpc) is 2.52. The topological polar surface area (TPSA) is 27.7 Å². The molecule has 1 aliphatic heterocycles. The van der Waals surface area contributed by atoms with Crippen LogP contribution in [0.15, 0.2) is 30.3 Å². The monoisotopic (exact) mass is 291 g/mol. The minimum atomic E-state index is 0.641. The molecule has 0 bridgehead atoms. The Balaban J connectivity index is 1.55. The van der Waals surface area contributed by atoms with Gasteiger partial charge in [0.05, 0.1) is 13.2 Å². The van der Waals surface area contributed by atoms with Crippen molar-refractivity contribution in [3.05, 3.63) is 30.3 Å². The highest BCUT2D eigenvalue weighted by Crippen LogP contribution is 2.19. The average molecular weight is 291 g/mol. The molecular weight excluding hydrogens is 262 g/mol. The Kier molecular flexibility index (Phi) is 7.00. The normalized spacial score (nSPS) is 16.6. The largest absolute Gasteiger partial charge is 0.379 e. The molecule has 0 spiro atoms. The summed E-state index contributed by atoms with van der Waals surface area (Å²) in [5.41, 5.74) is 1.35. The maximum Gasteiger partial charge on any atom is 0.0593 e. The fourth-order valence-corrected chi connectivity index (χ4v) is 2.67. The lowest BCUT2D eigenvalue weighted by molar-refractivity contribution is 0.117. The van der Waals surface area contributed by atoms with Crippen molar-refractivity contribution in [1.82, 2.24) is 10.2 Å². The number of piperidine rings is 1. The van der Waals surface area contributed by atoms with Crippen LogP contribution in [0.2, 0.25) is 0 Å². The van der Waals surface area contributed by atoms with E-state index in [2.05, 4.69) is 59.5 Å². The quantitative estimate of drug-likeness (QED) is 0.740. The summed E-state index contributed by atoms with van der Waals surface area (Å²) in [6.07, 6.45) is 2.43. The minimum Gasteiger partial charge on any atom is -0.379 e. The molecule has 0 unspecified atom stereocenters. The highest BCUT2D eigenvalue weighted by atomic mass is 16.5. The molecule has 1 aromatic carbocycles. The smallest absolute Gasteiger partial charge is 0.0593 e. The van der Waals surface area contributed by atoms with Gasteiger partial charge in [0.1, 0.15) is 0 Å². The minimum absolute atomic E-state index is 0.641. The number of rotatable bonds is 8. The molecule has 0 aromatic heterocycles. The third-order valence-corrected chi connectivity index (χ3v) is 3.98. The van der Waals surface area contributed by atoms with Crippen LogP contribution < -0.4 is 10.2 Å². The summed E-state index contributed by atoms with van der Waals surface area (Å²) in [4.78, 5) is 4.62. The van der Waals surface area contributed by atoms with Crippen molar-refractivity contribution in [3.63, 3.8) is 0 Å². The number of nitrogens with zero attached hydrogens (tertiary/aromatic N) is 2. The van der Waals surface area contributed by atoms with Gasteiger partial charge in [-0.1, -0.05) is 18.2 Å². The molecular formula is C17H29N3O. The van der Waals surface area contributed by atoms with Crippen LogP contribution in [-0.4, -0.2) is 64.4 Å². The van der Waals surface area contributed by atoms with Crippen LogP contribution in [0.4, 0.5) is 5.69 Å². The summed E-state index contributed by atoms with van der Waals surface area (Å²) < 4.78 is 5.61. The fraction of sp³-hybridized carbons (Fsp3) is 0.647. The van der Waals surface area contributed by atoms with E-state index in [1.165, 1.54) is 18.5 Å². The van der Waals surface area contributed by atoms with E-state index < -0.39 is 0 Å². The summed E-state index contributed by atoms with van der Waals surface area (Å²) >= 11 is 0. The van der Waals surface area contributed by atoms with Gasteiger partial charge < -0.3 is 19.9 Å². The van der Waals surface area contributed by atoms with Crippen LogP contribution in [0.3, 0.4) is 0 Å². The van der Waals surface area contributed by atoms with Gasteiger partial charge in [-0.05, 0) is 39.1 Å². The number of benzene rings is 1. The van der Waals surface area contributed by atoms with Crippen molar-refractivity contribution < 1.29 is 4.74 Å². The first-order valence-electron chi connectivity index (χ1n) is 8.01. The first-order valence-corrected chi connectivity index (χ1v) is 8.01. The number of ether oxygens (including phenoxy) is 1. The molecule has 0 aliphatic carbocycles.